The third-order valence-electron chi connectivity index (χ3n) is 2.10. The fraction of sp³-hybridized carbons (Fsp3) is 0.308. The Labute approximate surface area is 95.8 Å². The van der Waals surface area contributed by atoms with Crippen molar-refractivity contribution in [1.82, 2.24) is 5.32 Å². The van der Waals surface area contributed by atoms with Crippen molar-refractivity contribution in [3.05, 3.63) is 48.2 Å². The molecule has 0 aliphatic carbocycles. The molecule has 0 heterocycles. The topological polar surface area (TPSA) is 49.3 Å². The van der Waals surface area contributed by atoms with Gasteiger partial charge in [-0.2, -0.15) is 0 Å². The van der Waals surface area contributed by atoms with Gasteiger partial charge in [0, 0.05) is 12.7 Å². The Kier molecular flexibility index (Phi) is 4.26. The maximum Gasteiger partial charge on any atom is 0.188 e. The molecule has 0 saturated heterocycles. The van der Waals surface area contributed by atoms with Gasteiger partial charge in [-0.3, -0.25) is 4.79 Å². The standard InChI is InChI=1S/C13H17NO2/c1-13(2,16)12(15)8-9-14-10-11-6-4-3-5-7-11/h3-9,14,16H,10H2,1-2H3/b9-8+. The van der Waals surface area contributed by atoms with Crippen molar-refractivity contribution in [2.75, 3.05) is 0 Å². The van der Waals surface area contributed by atoms with Crippen LogP contribution in [-0.4, -0.2) is 16.5 Å². The van der Waals surface area contributed by atoms with Gasteiger partial charge in [0.25, 0.3) is 0 Å². The van der Waals surface area contributed by atoms with Gasteiger partial charge in [0.2, 0.25) is 0 Å². The highest BCUT2D eigenvalue weighted by molar-refractivity contribution is 5.95. The van der Waals surface area contributed by atoms with Gasteiger partial charge in [-0.1, -0.05) is 30.3 Å². The molecule has 0 saturated carbocycles. The number of rotatable bonds is 5. The highest BCUT2D eigenvalue weighted by atomic mass is 16.3. The van der Waals surface area contributed by atoms with E-state index in [4.69, 9.17) is 0 Å². The summed E-state index contributed by atoms with van der Waals surface area (Å²) in [7, 11) is 0. The van der Waals surface area contributed by atoms with Crippen LogP contribution in [0.2, 0.25) is 0 Å². The van der Waals surface area contributed by atoms with Crippen molar-refractivity contribution in [3.8, 4) is 0 Å². The predicted octanol–water partition coefficient (Wildman–Crippen LogP) is 1.63. The number of nitrogens with one attached hydrogen (secondary N) is 1. The number of carbonyl (C=O) groups excluding carboxylic acids is 1. The molecular weight excluding hydrogens is 202 g/mol. The first kappa shape index (κ1) is 12.5. The summed E-state index contributed by atoms with van der Waals surface area (Å²) in [6.45, 7) is 3.60. The molecule has 0 unspecified atom stereocenters. The van der Waals surface area contributed by atoms with Crippen molar-refractivity contribution >= 4 is 5.78 Å². The van der Waals surface area contributed by atoms with Crippen LogP contribution in [0.5, 0.6) is 0 Å². The molecule has 3 nitrogen and oxygen atoms in total. The van der Waals surface area contributed by atoms with Crippen LogP contribution < -0.4 is 5.32 Å². The van der Waals surface area contributed by atoms with E-state index >= 15 is 0 Å². The molecule has 16 heavy (non-hydrogen) atoms. The van der Waals surface area contributed by atoms with E-state index in [1.165, 1.54) is 19.9 Å². The van der Waals surface area contributed by atoms with Crippen LogP contribution in [0.1, 0.15) is 19.4 Å². The van der Waals surface area contributed by atoms with E-state index in [1.54, 1.807) is 6.20 Å². The van der Waals surface area contributed by atoms with Crippen molar-refractivity contribution in [3.63, 3.8) is 0 Å². The van der Waals surface area contributed by atoms with Crippen molar-refractivity contribution in [1.29, 1.82) is 0 Å². The largest absolute Gasteiger partial charge is 0.387 e. The number of benzene rings is 1. The normalized spacial score (nSPS) is 11.7. The minimum absolute atomic E-state index is 0.312. The van der Waals surface area contributed by atoms with E-state index in [-0.39, 0.29) is 5.78 Å². The van der Waals surface area contributed by atoms with Gasteiger partial charge >= 0.3 is 0 Å². The maximum absolute atomic E-state index is 11.3. The molecule has 0 radical (unpaired) electrons. The molecular formula is C13H17NO2. The SMILES string of the molecule is CC(C)(O)C(=O)/C=C/NCc1ccccc1. The molecule has 0 bridgehead atoms. The average Bonchev–Trinajstić information content (AvgIpc) is 2.24. The Balaban J connectivity index is 2.37. The number of ketones is 1. The number of carbonyl (C=O) groups is 1. The summed E-state index contributed by atoms with van der Waals surface area (Å²) < 4.78 is 0. The second-order valence-electron chi connectivity index (χ2n) is 4.12. The molecule has 0 aliphatic rings. The molecule has 0 amide bonds. The van der Waals surface area contributed by atoms with Gasteiger partial charge in [-0.05, 0) is 25.5 Å². The van der Waals surface area contributed by atoms with Crippen molar-refractivity contribution in [2.45, 2.75) is 26.0 Å². The fourth-order valence-corrected chi connectivity index (χ4v) is 1.11. The molecule has 86 valence electrons. The number of hydrogen-bond donors (Lipinski definition) is 2. The third-order valence-corrected chi connectivity index (χ3v) is 2.10. The van der Waals surface area contributed by atoms with Crippen LogP contribution in [-0.2, 0) is 11.3 Å². The highest BCUT2D eigenvalue weighted by Crippen LogP contribution is 2.03. The molecule has 1 rings (SSSR count). The molecule has 0 aromatic heterocycles. The lowest BCUT2D eigenvalue weighted by molar-refractivity contribution is -0.128. The van der Waals surface area contributed by atoms with Crippen LogP contribution in [0.4, 0.5) is 0 Å². The second-order valence-corrected chi connectivity index (χ2v) is 4.12. The minimum Gasteiger partial charge on any atom is -0.387 e. The lowest BCUT2D eigenvalue weighted by Gasteiger charge is -2.11. The zero-order chi connectivity index (χ0) is 12.0. The van der Waals surface area contributed by atoms with Gasteiger partial charge < -0.3 is 10.4 Å². The highest BCUT2D eigenvalue weighted by Gasteiger charge is 2.20. The molecule has 0 aliphatic heterocycles. The Hall–Kier alpha value is -1.61. The van der Waals surface area contributed by atoms with Gasteiger partial charge in [0.05, 0.1) is 0 Å². The smallest absolute Gasteiger partial charge is 0.188 e. The van der Waals surface area contributed by atoms with Crippen LogP contribution in [0.3, 0.4) is 0 Å². The Morgan fingerprint density at radius 1 is 1.38 bits per heavy atom. The summed E-state index contributed by atoms with van der Waals surface area (Å²) in [5.74, 6) is -0.312. The Morgan fingerprint density at radius 2 is 2.00 bits per heavy atom. The molecule has 0 atom stereocenters. The van der Waals surface area contributed by atoms with Crippen LogP contribution in [0.15, 0.2) is 42.6 Å². The van der Waals surface area contributed by atoms with E-state index < -0.39 is 5.60 Å². The molecule has 0 spiro atoms. The summed E-state index contributed by atoms with van der Waals surface area (Å²) in [5, 5.41) is 12.4. The lowest BCUT2D eigenvalue weighted by Crippen LogP contribution is -2.29. The first-order valence-electron chi connectivity index (χ1n) is 5.21. The van der Waals surface area contributed by atoms with E-state index in [0.29, 0.717) is 6.54 Å². The minimum atomic E-state index is -1.30. The zero-order valence-corrected chi connectivity index (χ0v) is 9.60. The van der Waals surface area contributed by atoms with Gasteiger partial charge in [-0.15, -0.1) is 0 Å². The summed E-state index contributed by atoms with van der Waals surface area (Å²) in [6.07, 6.45) is 2.91. The van der Waals surface area contributed by atoms with Crippen LogP contribution in [0, 0.1) is 0 Å². The average molecular weight is 219 g/mol. The zero-order valence-electron chi connectivity index (χ0n) is 9.60. The lowest BCUT2D eigenvalue weighted by atomic mass is 10.0. The monoisotopic (exact) mass is 219 g/mol. The summed E-state index contributed by atoms with van der Waals surface area (Å²) in [5.41, 5.74) is -0.159. The van der Waals surface area contributed by atoms with E-state index in [0.717, 1.165) is 5.56 Å². The molecule has 1 aromatic rings. The Bertz CT molecular complexity index is 363. The van der Waals surface area contributed by atoms with Gasteiger partial charge in [-0.25, -0.2) is 0 Å². The van der Waals surface area contributed by atoms with E-state index in [2.05, 4.69) is 5.32 Å². The predicted molar refractivity (Wildman–Crippen MR) is 63.7 cm³/mol. The first-order chi connectivity index (χ1) is 7.50. The second kappa shape index (κ2) is 5.47. The summed E-state index contributed by atoms with van der Waals surface area (Å²) >= 11 is 0. The molecule has 3 heteroatoms. The van der Waals surface area contributed by atoms with Crippen LogP contribution >= 0.6 is 0 Å². The van der Waals surface area contributed by atoms with E-state index in [9.17, 15) is 9.90 Å². The first-order valence-corrected chi connectivity index (χ1v) is 5.21. The molecule has 0 fully saturated rings. The molecule has 2 N–H and O–H groups in total. The third kappa shape index (κ3) is 4.28. The Morgan fingerprint density at radius 3 is 2.56 bits per heavy atom. The number of hydrogen-bond acceptors (Lipinski definition) is 3. The summed E-state index contributed by atoms with van der Waals surface area (Å²) in [4.78, 5) is 11.3. The van der Waals surface area contributed by atoms with Crippen molar-refractivity contribution in [2.24, 2.45) is 0 Å². The van der Waals surface area contributed by atoms with Crippen molar-refractivity contribution < 1.29 is 9.90 Å². The fourth-order valence-electron chi connectivity index (χ4n) is 1.11. The summed E-state index contributed by atoms with van der Waals surface area (Å²) in [6, 6.07) is 9.87. The van der Waals surface area contributed by atoms with Gasteiger partial charge in [0.1, 0.15) is 5.60 Å². The maximum atomic E-state index is 11.3. The van der Waals surface area contributed by atoms with Crippen LogP contribution in [0.25, 0.3) is 0 Å². The molecule has 1 aromatic carbocycles. The quantitative estimate of drug-likeness (QED) is 0.740. The number of aliphatic hydroxyl groups is 1. The van der Waals surface area contributed by atoms with E-state index in [1.807, 2.05) is 30.3 Å². The van der Waals surface area contributed by atoms with Gasteiger partial charge in [0.15, 0.2) is 5.78 Å².